The highest BCUT2D eigenvalue weighted by atomic mass is 16.7. The Bertz CT molecular complexity index is 578. The Labute approximate surface area is 214 Å². The van der Waals surface area contributed by atoms with Crippen LogP contribution in [0, 0.1) is 0 Å². The number of aliphatic hydroxyl groups excluding tert-OH is 7. The molecule has 2 rings (SSSR count). The van der Waals surface area contributed by atoms with Gasteiger partial charge in [0.15, 0.2) is 12.6 Å². The van der Waals surface area contributed by atoms with Crippen LogP contribution in [0.15, 0.2) is 0 Å². The molecular weight excluding hydrogens is 476 g/mol. The van der Waals surface area contributed by atoms with E-state index < -0.39 is 74.6 Å². The second-order valence-corrected chi connectivity index (χ2v) is 10.1. The second kappa shape index (κ2) is 16.5. The highest BCUT2D eigenvalue weighted by Gasteiger charge is 2.50. The first-order valence-corrected chi connectivity index (χ1v) is 13.5. The predicted molar refractivity (Wildman–Crippen MR) is 129 cm³/mol. The molecule has 0 bridgehead atoms. The molecule has 11 heteroatoms. The Morgan fingerprint density at radius 3 is 1.75 bits per heavy atom. The SMILES string of the molecule is CCCCCCCCCCCC(C)O[C@@H]1O[C@H](CO)[C@@H](O[C@H]2O[C@H](CO)[C@@H](O)[C@H](O)[C@H]2O)[C@H](O)[C@H]1O. The summed E-state index contributed by atoms with van der Waals surface area (Å²) >= 11 is 0. The average molecular weight is 525 g/mol. The van der Waals surface area contributed by atoms with E-state index in [0.29, 0.717) is 0 Å². The van der Waals surface area contributed by atoms with E-state index in [2.05, 4.69) is 6.92 Å². The van der Waals surface area contributed by atoms with Crippen molar-refractivity contribution in [3.05, 3.63) is 0 Å². The zero-order valence-electron chi connectivity index (χ0n) is 21.6. The van der Waals surface area contributed by atoms with E-state index in [-0.39, 0.29) is 6.10 Å². The number of ether oxygens (including phenoxy) is 4. The number of hydrogen-bond donors (Lipinski definition) is 7. The summed E-state index contributed by atoms with van der Waals surface area (Å²) < 4.78 is 22.4. The van der Waals surface area contributed by atoms with Crippen molar-refractivity contribution in [1.29, 1.82) is 0 Å². The lowest BCUT2D eigenvalue weighted by Gasteiger charge is -2.46. The van der Waals surface area contributed by atoms with E-state index in [1.54, 1.807) is 0 Å². The number of unbranched alkanes of at least 4 members (excludes halogenated alkanes) is 8. The lowest BCUT2D eigenvalue weighted by molar-refractivity contribution is -0.362. The maximum atomic E-state index is 10.7. The monoisotopic (exact) mass is 524 g/mol. The minimum Gasteiger partial charge on any atom is -0.394 e. The number of aliphatic hydroxyl groups is 7. The summed E-state index contributed by atoms with van der Waals surface area (Å²) in [7, 11) is 0. The van der Waals surface area contributed by atoms with Crippen LogP contribution in [-0.4, -0.2) is 116 Å². The topological polar surface area (TPSA) is 179 Å². The first-order chi connectivity index (χ1) is 17.2. The molecule has 1 unspecified atom stereocenters. The van der Waals surface area contributed by atoms with Gasteiger partial charge in [0.2, 0.25) is 0 Å². The molecule has 0 amide bonds. The molecule has 0 aromatic carbocycles. The van der Waals surface area contributed by atoms with Gasteiger partial charge in [0, 0.05) is 0 Å². The molecule has 11 atom stereocenters. The van der Waals surface area contributed by atoms with E-state index in [9.17, 15) is 35.7 Å². The van der Waals surface area contributed by atoms with E-state index in [0.717, 1.165) is 19.3 Å². The van der Waals surface area contributed by atoms with Gasteiger partial charge in [0.05, 0.1) is 19.3 Å². The van der Waals surface area contributed by atoms with Gasteiger partial charge in [-0.15, -0.1) is 0 Å². The summed E-state index contributed by atoms with van der Waals surface area (Å²) in [6.45, 7) is 2.84. The van der Waals surface area contributed by atoms with Crippen LogP contribution in [-0.2, 0) is 18.9 Å². The molecule has 2 heterocycles. The fourth-order valence-corrected chi connectivity index (χ4v) is 4.71. The summed E-state index contributed by atoms with van der Waals surface area (Å²) in [5, 5.41) is 70.5. The highest BCUT2D eigenvalue weighted by Crippen LogP contribution is 2.30. The van der Waals surface area contributed by atoms with Crippen molar-refractivity contribution in [2.75, 3.05) is 13.2 Å². The first-order valence-electron chi connectivity index (χ1n) is 13.5. The zero-order valence-corrected chi connectivity index (χ0v) is 21.6. The molecule has 0 aliphatic carbocycles. The predicted octanol–water partition coefficient (Wildman–Crippen LogP) is -0.0635. The van der Waals surface area contributed by atoms with Crippen LogP contribution in [0.5, 0.6) is 0 Å². The Morgan fingerprint density at radius 1 is 0.639 bits per heavy atom. The maximum Gasteiger partial charge on any atom is 0.187 e. The summed E-state index contributed by atoms with van der Waals surface area (Å²) in [6, 6.07) is 0. The molecule has 7 N–H and O–H groups in total. The van der Waals surface area contributed by atoms with Gasteiger partial charge >= 0.3 is 0 Å². The second-order valence-electron chi connectivity index (χ2n) is 10.1. The van der Waals surface area contributed by atoms with Crippen LogP contribution >= 0.6 is 0 Å². The fourth-order valence-electron chi connectivity index (χ4n) is 4.71. The van der Waals surface area contributed by atoms with Gasteiger partial charge in [-0.3, -0.25) is 0 Å². The largest absolute Gasteiger partial charge is 0.394 e. The first kappa shape index (κ1) is 31.8. The molecule has 2 aliphatic rings. The molecule has 0 spiro atoms. The summed E-state index contributed by atoms with van der Waals surface area (Å²) in [5.74, 6) is 0. The van der Waals surface area contributed by atoms with Gasteiger partial charge in [-0.1, -0.05) is 64.7 Å². The van der Waals surface area contributed by atoms with E-state index >= 15 is 0 Å². The van der Waals surface area contributed by atoms with Crippen molar-refractivity contribution >= 4 is 0 Å². The molecule has 2 aliphatic heterocycles. The summed E-state index contributed by atoms with van der Waals surface area (Å²) in [4.78, 5) is 0. The standard InChI is InChI=1S/C25H48O11/c1-3-4-5-6-7-8-9-10-11-12-15(2)33-24-22(32)20(30)23(17(14-27)35-24)36-25-21(31)19(29)18(28)16(13-26)34-25/h15-32H,3-14H2,1-2H3/t15?,16-,17-,18-,19+,20-,21-,22-,23-,24-,25-/m1/s1. The fraction of sp³-hybridized carbons (Fsp3) is 1.00. The molecule has 0 aromatic heterocycles. The molecule has 2 saturated heterocycles. The summed E-state index contributed by atoms with van der Waals surface area (Å²) in [5.41, 5.74) is 0. The lowest BCUT2D eigenvalue weighted by Crippen LogP contribution is -2.64. The van der Waals surface area contributed by atoms with Crippen LogP contribution in [0.4, 0.5) is 0 Å². The zero-order chi connectivity index (χ0) is 26.7. The minimum absolute atomic E-state index is 0.247. The van der Waals surface area contributed by atoms with E-state index in [4.69, 9.17) is 18.9 Å². The van der Waals surface area contributed by atoms with E-state index in [1.807, 2.05) is 6.92 Å². The minimum atomic E-state index is -1.70. The number of rotatable bonds is 16. The van der Waals surface area contributed by atoms with Crippen LogP contribution in [0.25, 0.3) is 0 Å². The molecule has 2 fully saturated rings. The Morgan fingerprint density at radius 2 is 1.17 bits per heavy atom. The smallest absolute Gasteiger partial charge is 0.187 e. The molecule has 214 valence electrons. The van der Waals surface area contributed by atoms with Crippen molar-refractivity contribution in [2.45, 2.75) is 146 Å². The third-order valence-corrected chi connectivity index (χ3v) is 7.04. The van der Waals surface area contributed by atoms with Crippen molar-refractivity contribution in [1.82, 2.24) is 0 Å². The van der Waals surface area contributed by atoms with Gasteiger partial charge in [-0.05, 0) is 13.3 Å². The highest BCUT2D eigenvalue weighted by molar-refractivity contribution is 4.94. The average Bonchev–Trinajstić information content (AvgIpc) is 2.87. The maximum absolute atomic E-state index is 10.7. The molecule has 11 nitrogen and oxygen atoms in total. The lowest BCUT2D eigenvalue weighted by atomic mass is 9.97. The third-order valence-electron chi connectivity index (χ3n) is 7.04. The molecule has 36 heavy (non-hydrogen) atoms. The molecule has 0 radical (unpaired) electrons. The van der Waals surface area contributed by atoms with Gasteiger partial charge < -0.3 is 54.7 Å². The van der Waals surface area contributed by atoms with Crippen molar-refractivity contribution in [2.24, 2.45) is 0 Å². The normalized spacial score (nSPS) is 38.2. The quantitative estimate of drug-likeness (QED) is 0.134. The van der Waals surface area contributed by atoms with Crippen LogP contribution in [0.2, 0.25) is 0 Å². The molecule has 0 aromatic rings. The van der Waals surface area contributed by atoms with Gasteiger partial charge in [-0.25, -0.2) is 0 Å². The van der Waals surface area contributed by atoms with Crippen molar-refractivity contribution in [3.63, 3.8) is 0 Å². The Balaban J connectivity index is 1.80. The van der Waals surface area contributed by atoms with E-state index in [1.165, 1.54) is 44.9 Å². The Kier molecular flexibility index (Phi) is 14.6. The van der Waals surface area contributed by atoms with Gasteiger partial charge in [0.1, 0.15) is 48.8 Å². The van der Waals surface area contributed by atoms with Gasteiger partial charge in [0.25, 0.3) is 0 Å². The van der Waals surface area contributed by atoms with Crippen molar-refractivity contribution in [3.8, 4) is 0 Å². The number of hydrogen-bond acceptors (Lipinski definition) is 11. The van der Waals surface area contributed by atoms with Gasteiger partial charge in [-0.2, -0.15) is 0 Å². The van der Waals surface area contributed by atoms with Crippen LogP contribution in [0.3, 0.4) is 0 Å². The molecular formula is C25H48O11. The third kappa shape index (κ3) is 9.09. The van der Waals surface area contributed by atoms with Crippen molar-refractivity contribution < 1.29 is 54.7 Å². The Hall–Kier alpha value is -0.440. The summed E-state index contributed by atoms with van der Waals surface area (Å²) in [6.07, 6.45) is -3.03. The molecule has 0 saturated carbocycles. The van der Waals surface area contributed by atoms with Crippen LogP contribution in [0.1, 0.15) is 78.1 Å². The van der Waals surface area contributed by atoms with Crippen LogP contribution < -0.4 is 0 Å².